The molecule has 0 aliphatic heterocycles. The van der Waals surface area contributed by atoms with Gasteiger partial charge in [-0.2, -0.15) is 0 Å². The zero-order valence-corrected chi connectivity index (χ0v) is 46.5. The Morgan fingerprint density at radius 1 is 0.368 bits per heavy atom. The highest BCUT2D eigenvalue weighted by atomic mass is 15.1. The van der Waals surface area contributed by atoms with E-state index in [2.05, 4.69) is 287 Å². The van der Waals surface area contributed by atoms with Gasteiger partial charge in [0.15, 0.2) is 0 Å². The first-order valence-electron chi connectivity index (χ1n) is 27.5. The average molecular weight is 987 g/mol. The third-order valence-corrected chi connectivity index (χ3v) is 16.3. The lowest BCUT2D eigenvalue weighted by atomic mass is 9.85. The van der Waals surface area contributed by atoms with E-state index in [0.717, 1.165) is 17.1 Å². The van der Waals surface area contributed by atoms with Crippen molar-refractivity contribution in [2.24, 2.45) is 0 Å². The predicted molar refractivity (Wildman–Crippen MR) is 331 cm³/mol. The minimum atomic E-state index is 0.0213. The van der Waals surface area contributed by atoms with E-state index in [9.17, 15) is 0 Å². The summed E-state index contributed by atoms with van der Waals surface area (Å²) in [5.74, 6) is 0.959. The van der Waals surface area contributed by atoms with Gasteiger partial charge in [0.2, 0.25) is 0 Å². The number of aryl methyl sites for hydroxylation is 2. The third-order valence-electron chi connectivity index (χ3n) is 16.3. The molecule has 376 valence electrons. The Morgan fingerprint density at radius 3 is 1.33 bits per heavy atom. The molecule has 12 rings (SSSR count). The monoisotopic (exact) mass is 987 g/mol. The summed E-state index contributed by atoms with van der Waals surface area (Å²) in [7, 11) is 0. The summed E-state index contributed by atoms with van der Waals surface area (Å²) in [5.41, 5.74) is 22.2. The number of hydrogen-bond donors (Lipinski definition) is 0. The molecule has 0 saturated carbocycles. The van der Waals surface area contributed by atoms with Gasteiger partial charge >= 0.3 is 0 Å². The Bertz CT molecular complexity index is 4110. The van der Waals surface area contributed by atoms with Crippen molar-refractivity contribution >= 4 is 71.2 Å². The third kappa shape index (κ3) is 8.62. The van der Waals surface area contributed by atoms with Crippen molar-refractivity contribution in [1.29, 1.82) is 0 Å². The summed E-state index contributed by atoms with van der Waals surface area (Å²) in [5, 5.41) is 10.1. The number of rotatable bonds is 9. The first-order chi connectivity index (χ1) is 36.4. The van der Waals surface area contributed by atoms with E-state index >= 15 is 0 Å². The molecule has 0 fully saturated rings. The van der Waals surface area contributed by atoms with Crippen LogP contribution < -0.4 is 4.90 Å². The summed E-state index contributed by atoms with van der Waals surface area (Å²) < 4.78 is 2.54. The zero-order valence-electron chi connectivity index (χ0n) is 46.5. The minimum absolute atomic E-state index is 0.0213. The van der Waals surface area contributed by atoms with Gasteiger partial charge < -0.3 is 9.47 Å². The van der Waals surface area contributed by atoms with Gasteiger partial charge in [0.05, 0.1) is 22.4 Å². The molecule has 0 bridgehead atoms. The summed E-state index contributed by atoms with van der Waals surface area (Å²) in [4.78, 5) is 2.53. The van der Waals surface area contributed by atoms with Crippen LogP contribution in [0, 0.1) is 13.8 Å². The van der Waals surface area contributed by atoms with Crippen LogP contribution in [0.5, 0.6) is 0 Å². The molecule has 76 heavy (non-hydrogen) atoms. The molecule has 0 aliphatic rings. The molecule has 2 nitrogen and oxygen atoms in total. The first-order valence-corrected chi connectivity index (χ1v) is 27.5. The van der Waals surface area contributed by atoms with Gasteiger partial charge in [-0.05, 0) is 192 Å². The highest BCUT2D eigenvalue weighted by Crippen LogP contribution is 2.48. The fourth-order valence-electron chi connectivity index (χ4n) is 11.9. The predicted octanol–water partition coefficient (Wildman–Crippen LogP) is 21.6. The van der Waals surface area contributed by atoms with Crippen LogP contribution in [-0.4, -0.2) is 4.57 Å². The maximum Gasteiger partial charge on any atom is 0.0541 e. The van der Waals surface area contributed by atoms with Crippen LogP contribution in [0.3, 0.4) is 0 Å². The Labute approximate surface area is 450 Å². The largest absolute Gasteiger partial charge is 0.310 e. The number of nitrogens with zero attached hydrogens (tertiary/aromatic N) is 2. The van der Waals surface area contributed by atoms with Crippen LogP contribution in [-0.2, 0) is 10.8 Å². The van der Waals surface area contributed by atoms with Gasteiger partial charge in [-0.3, -0.25) is 0 Å². The van der Waals surface area contributed by atoms with Crippen molar-refractivity contribution in [3.05, 3.63) is 228 Å². The van der Waals surface area contributed by atoms with Gasteiger partial charge in [-0.15, -0.1) is 0 Å². The van der Waals surface area contributed by atoms with Crippen LogP contribution >= 0.6 is 0 Å². The molecule has 1 aromatic heterocycles. The van der Waals surface area contributed by atoms with Crippen LogP contribution in [0.15, 0.2) is 194 Å². The van der Waals surface area contributed by atoms with Crippen molar-refractivity contribution in [2.45, 2.75) is 106 Å². The van der Waals surface area contributed by atoms with E-state index in [0.29, 0.717) is 11.8 Å². The quantitative estimate of drug-likeness (QED) is 0.131. The lowest BCUT2D eigenvalue weighted by Crippen LogP contribution is -2.12. The second-order valence-electron chi connectivity index (χ2n) is 24.5. The van der Waals surface area contributed by atoms with Crippen LogP contribution in [0.1, 0.15) is 114 Å². The molecule has 0 amide bonds. The number of fused-ring (bicyclic) bond motifs is 3. The van der Waals surface area contributed by atoms with Crippen molar-refractivity contribution in [2.75, 3.05) is 4.90 Å². The van der Waals surface area contributed by atoms with Crippen LogP contribution in [0.4, 0.5) is 17.1 Å². The molecule has 0 N–H and O–H groups in total. The first kappa shape index (κ1) is 49.0. The molecule has 12 aromatic rings. The normalized spacial score (nSPS) is 12.4. The summed E-state index contributed by atoms with van der Waals surface area (Å²) in [6.45, 7) is 27.4. The SMILES string of the molecule is Cc1cc(-c2ccc(C(C)C)cc2)cc(N(c2cc(C)cc(-c3cccc(-c4ccc(C(C)C)cc4)c3)c2)c2ccc3ccc4c(-n5c6ccc(C(C)(C)C)cc6c6cc(C(C)(C)C)ccc65)ccc5ccc2c3c54)c1. The van der Waals surface area contributed by atoms with Gasteiger partial charge in [-0.25, -0.2) is 0 Å². The molecule has 0 radical (unpaired) electrons. The zero-order chi connectivity index (χ0) is 52.9. The van der Waals surface area contributed by atoms with E-state index in [4.69, 9.17) is 0 Å². The maximum absolute atomic E-state index is 2.54. The fourth-order valence-corrected chi connectivity index (χ4v) is 11.9. The van der Waals surface area contributed by atoms with Gasteiger partial charge in [0.1, 0.15) is 0 Å². The highest BCUT2D eigenvalue weighted by Gasteiger charge is 2.25. The Balaban J connectivity index is 1.08. The second-order valence-corrected chi connectivity index (χ2v) is 24.5. The minimum Gasteiger partial charge on any atom is -0.310 e. The van der Waals surface area contributed by atoms with Gasteiger partial charge in [-0.1, -0.05) is 197 Å². The lowest BCUT2D eigenvalue weighted by molar-refractivity contribution is 0.590. The number of aromatic nitrogens is 1. The number of benzene rings is 11. The van der Waals surface area contributed by atoms with Crippen molar-refractivity contribution in [3.63, 3.8) is 0 Å². The van der Waals surface area contributed by atoms with Crippen LogP contribution in [0.25, 0.3) is 93.2 Å². The Morgan fingerprint density at radius 2 is 0.816 bits per heavy atom. The molecular weight excluding hydrogens is 917 g/mol. The van der Waals surface area contributed by atoms with Crippen molar-refractivity contribution in [3.8, 4) is 39.1 Å². The molecular formula is C74H70N2. The number of hydrogen-bond acceptors (Lipinski definition) is 1. The molecule has 0 saturated heterocycles. The van der Waals surface area contributed by atoms with E-state index < -0.39 is 0 Å². The van der Waals surface area contributed by atoms with Gasteiger partial charge in [0, 0.05) is 32.9 Å². The van der Waals surface area contributed by atoms with Crippen LogP contribution in [0.2, 0.25) is 0 Å². The highest BCUT2D eigenvalue weighted by molar-refractivity contribution is 6.27. The summed E-state index contributed by atoms with van der Waals surface area (Å²) in [6.07, 6.45) is 0. The maximum atomic E-state index is 2.54. The summed E-state index contributed by atoms with van der Waals surface area (Å²) in [6, 6.07) is 74.7. The van der Waals surface area contributed by atoms with Crippen molar-refractivity contribution in [1.82, 2.24) is 4.57 Å². The lowest BCUT2D eigenvalue weighted by Gasteiger charge is -2.29. The molecule has 0 unspecified atom stereocenters. The topological polar surface area (TPSA) is 8.17 Å². The Hall–Kier alpha value is -7.94. The molecule has 0 spiro atoms. The van der Waals surface area contributed by atoms with E-state index in [-0.39, 0.29) is 10.8 Å². The molecule has 11 aromatic carbocycles. The van der Waals surface area contributed by atoms with E-state index in [1.807, 2.05) is 0 Å². The Kier molecular flexibility index (Phi) is 11.9. The molecule has 0 atom stereocenters. The van der Waals surface area contributed by atoms with Crippen molar-refractivity contribution < 1.29 is 0 Å². The van der Waals surface area contributed by atoms with Gasteiger partial charge in [0.25, 0.3) is 0 Å². The standard InChI is InChI=1S/C74H70N2/c1-45(2)49-16-20-51(21-17-49)55-14-13-15-56(40-55)58-37-48(6)39-62(42-58)75(61-38-47(5)36-57(41-61)52-22-18-50(19-23-52)46(3)4)67-32-26-53-25-31-64-68(33-27-54-24-30-63(67)71(53)72(54)64)76-69-34-28-59(73(7,8)9)43-65(69)66-44-60(74(10,11)12)29-35-70(66)76/h13-46H,1-12H3. The summed E-state index contributed by atoms with van der Waals surface area (Å²) >= 11 is 0. The average Bonchev–Trinajstić information content (AvgIpc) is 3.73. The van der Waals surface area contributed by atoms with E-state index in [1.165, 1.54) is 127 Å². The molecule has 0 aliphatic carbocycles. The van der Waals surface area contributed by atoms with E-state index in [1.54, 1.807) is 0 Å². The number of anilines is 3. The molecule has 1 heterocycles. The second kappa shape index (κ2) is 18.4. The smallest absolute Gasteiger partial charge is 0.0541 e. The molecule has 2 heteroatoms. The fraction of sp³-hybridized carbons (Fsp3) is 0.216.